The molecule has 0 unspecified atom stereocenters. The Morgan fingerprint density at radius 2 is 1.44 bits per heavy atom. The minimum atomic E-state index is 0. The molecule has 1 heteroatoms. The fraction of sp³-hybridized carbons (Fsp3) is 0.250. The van der Waals surface area contributed by atoms with E-state index in [1.807, 2.05) is 0 Å². The Balaban J connectivity index is 0.000000640. The number of benzene rings is 1. The van der Waals surface area contributed by atoms with Crippen LogP contribution in [0.15, 0.2) is 24.3 Å². The summed E-state index contributed by atoms with van der Waals surface area (Å²) >= 11 is 0. The number of hydrogen-bond donors (Lipinski definition) is 0. The molecule has 0 spiro atoms. The second-order valence-corrected chi connectivity index (χ2v) is 2.16. The Hall–Kier alpha value is -0.157. The molecule has 0 N–H and O–H groups in total. The van der Waals surface area contributed by atoms with Crippen LogP contribution in [0.4, 0.5) is 0 Å². The van der Waals surface area contributed by atoms with E-state index in [-0.39, 0.29) is 19.5 Å². The predicted molar refractivity (Wildman–Crippen MR) is 35.9 cm³/mol. The van der Waals surface area contributed by atoms with E-state index in [2.05, 4.69) is 38.1 Å². The van der Waals surface area contributed by atoms with E-state index in [0.717, 1.165) is 0 Å². The van der Waals surface area contributed by atoms with Crippen molar-refractivity contribution in [2.75, 3.05) is 0 Å². The summed E-state index contributed by atoms with van der Waals surface area (Å²) in [6.07, 6.45) is 0. The largest absolute Gasteiger partial charge is 0.0617 e. The monoisotopic (exact) mass is 170 g/mol. The molecule has 0 fully saturated rings. The zero-order valence-corrected chi connectivity index (χ0v) is 8.98. The summed E-state index contributed by atoms with van der Waals surface area (Å²) in [5.41, 5.74) is 2.68. The Morgan fingerprint density at radius 1 is 1.00 bits per heavy atom. The number of aryl methyl sites for hydroxylation is 2. The van der Waals surface area contributed by atoms with Gasteiger partial charge in [0.15, 0.2) is 0 Å². The molecule has 0 aliphatic rings. The van der Waals surface area contributed by atoms with Gasteiger partial charge in [-0.25, -0.2) is 0 Å². The minimum absolute atomic E-state index is 0. The Labute approximate surface area is 69.0 Å². The van der Waals surface area contributed by atoms with Crippen molar-refractivity contribution >= 4 is 0 Å². The van der Waals surface area contributed by atoms with E-state index in [4.69, 9.17) is 0 Å². The van der Waals surface area contributed by atoms with E-state index < -0.39 is 0 Å². The van der Waals surface area contributed by atoms with Crippen molar-refractivity contribution in [3.8, 4) is 0 Å². The molecule has 1 rings (SSSR count). The van der Waals surface area contributed by atoms with Gasteiger partial charge in [-0.05, 0) is 13.8 Å². The van der Waals surface area contributed by atoms with Crippen molar-refractivity contribution in [3.05, 3.63) is 35.4 Å². The molecule has 1 aromatic carbocycles. The molecule has 0 nitrogen and oxygen atoms in total. The summed E-state index contributed by atoms with van der Waals surface area (Å²) in [5, 5.41) is 0. The average Bonchev–Trinajstić information content (AvgIpc) is 1.64. The van der Waals surface area contributed by atoms with Crippen LogP contribution in [0, 0.1) is 13.8 Å². The quantitative estimate of drug-likeness (QED) is 0.526. The van der Waals surface area contributed by atoms with E-state index in [1.165, 1.54) is 11.1 Å². The van der Waals surface area contributed by atoms with Crippen molar-refractivity contribution in [2.24, 2.45) is 0 Å². The van der Waals surface area contributed by atoms with Crippen molar-refractivity contribution in [3.63, 3.8) is 0 Å². The second-order valence-electron chi connectivity index (χ2n) is 2.16. The summed E-state index contributed by atoms with van der Waals surface area (Å²) in [7, 11) is 0. The fourth-order valence-corrected chi connectivity index (χ4v) is 0.807. The third-order valence-corrected chi connectivity index (χ3v) is 1.17. The summed E-state index contributed by atoms with van der Waals surface area (Å²) in [6, 6.07) is 8.45. The zero-order valence-electron chi connectivity index (χ0n) is 6.02. The molecule has 44 valence electrons. The first-order valence-electron chi connectivity index (χ1n) is 2.82. The van der Waals surface area contributed by atoms with Crippen LogP contribution in [0.2, 0.25) is 0 Å². The van der Waals surface area contributed by atoms with Gasteiger partial charge in [0.2, 0.25) is 0 Å². The van der Waals surface area contributed by atoms with Crippen molar-refractivity contribution < 1.29 is 19.5 Å². The summed E-state index contributed by atoms with van der Waals surface area (Å²) in [5.74, 6) is 0. The predicted octanol–water partition coefficient (Wildman–Crippen LogP) is 2.30. The van der Waals surface area contributed by atoms with Crippen LogP contribution in [-0.4, -0.2) is 0 Å². The van der Waals surface area contributed by atoms with Crippen LogP contribution in [0.3, 0.4) is 0 Å². The first kappa shape index (κ1) is 8.84. The first-order valence-corrected chi connectivity index (χ1v) is 2.82. The summed E-state index contributed by atoms with van der Waals surface area (Å²) < 4.78 is 0. The van der Waals surface area contributed by atoms with Crippen molar-refractivity contribution in [1.82, 2.24) is 0 Å². The number of rotatable bonds is 0. The molecule has 0 bridgehead atoms. The van der Waals surface area contributed by atoms with Crippen LogP contribution in [0.5, 0.6) is 0 Å². The van der Waals surface area contributed by atoms with E-state index in [9.17, 15) is 0 Å². The molecule has 0 atom stereocenters. The van der Waals surface area contributed by atoms with Gasteiger partial charge in [0.1, 0.15) is 0 Å². The smallest absolute Gasteiger partial charge is 0 e. The van der Waals surface area contributed by atoms with Crippen LogP contribution in [0.25, 0.3) is 0 Å². The molecule has 0 heterocycles. The maximum atomic E-state index is 2.17. The van der Waals surface area contributed by atoms with Gasteiger partial charge in [-0.2, -0.15) is 0 Å². The van der Waals surface area contributed by atoms with Gasteiger partial charge in [-0.1, -0.05) is 35.4 Å². The van der Waals surface area contributed by atoms with Gasteiger partial charge in [0.05, 0.1) is 0 Å². The fourth-order valence-electron chi connectivity index (χ4n) is 0.807. The van der Waals surface area contributed by atoms with Gasteiger partial charge in [-0.15, -0.1) is 0 Å². The zero-order chi connectivity index (χ0) is 5.98. The second kappa shape index (κ2) is 3.79. The van der Waals surface area contributed by atoms with Gasteiger partial charge >= 0.3 is 0 Å². The van der Waals surface area contributed by atoms with Crippen molar-refractivity contribution in [2.45, 2.75) is 13.8 Å². The molecular formula is C8H10Zn. The van der Waals surface area contributed by atoms with E-state index in [0.29, 0.717) is 0 Å². The molecule has 0 aliphatic heterocycles. The first-order chi connectivity index (χ1) is 3.79. The van der Waals surface area contributed by atoms with Crippen LogP contribution in [0.1, 0.15) is 11.1 Å². The molecule has 1 aromatic rings. The Bertz CT molecular complexity index is 164. The molecule has 0 aliphatic carbocycles. The van der Waals surface area contributed by atoms with E-state index >= 15 is 0 Å². The van der Waals surface area contributed by atoms with Gasteiger partial charge in [0, 0.05) is 19.5 Å². The van der Waals surface area contributed by atoms with Crippen LogP contribution >= 0.6 is 0 Å². The Morgan fingerprint density at radius 3 is 1.67 bits per heavy atom. The molecular weight excluding hydrogens is 161 g/mol. The van der Waals surface area contributed by atoms with Gasteiger partial charge < -0.3 is 0 Å². The topological polar surface area (TPSA) is 0 Å². The van der Waals surface area contributed by atoms with Gasteiger partial charge in [0.25, 0.3) is 0 Å². The third-order valence-electron chi connectivity index (χ3n) is 1.17. The third kappa shape index (κ3) is 2.76. The van der Waals surface area contributed by atoms with Crippen LogP contribution < -0.4 is 0 Å². The van der Waals surface area contributed by atoms with Crippen LogP contribution in [-0.2, 0) is 19.5 Å². The molecule has 0 aromatic heterocycles. The SMILES string of the molecule is Cc1cccc(C)c1.[Zn]. The van der Waals surface area contributed by atoms with Crippen molar-refractivity contribution in [1.29, 1.82) is 0 Å². The minimum Gasteiger partial charge on any atom is -0.0617 e. The molecule has 0 radical (unpaired) electrons. The maximum absolute atomic E-state index is 2.17. The summed E-state index contributed by atoms with van der Waals surface area (Å²) in [6.45, 7) is 4.21. The van der Waals surface area contributed by atoms with Gasteiger partial charge in [-0.3, -0.25) is 0 Å². The molecule has 0 amide bonds. The molecule has 9 heavy (non-hydrogen) atoms. The normalized spacial score (nSPS) is 8.22. The molecule has 0 saturated heterocycles. The maximum Gasteiger partial charge on any atom is 0 e. The van der Waals surface area contributed by atoms with E-state index in [1.54, 1.807) is 0 Å². The molecule has 0 saturated carbocycles. The standard InChI is InChI=1S/C8H10.Zn/c1-7-4-3-5-8(2)6-7;/h3-6H,1-2H3;. The summed E-state index contributed by atoms with van der Waals surface area (Å²) in [4.78, 5) is 0. The number of hydrogen-bond acceptors (Lipinski definition) is 0. The Kier molecular flexibility index (Phi) is 3.73. The average molecular weight is 172 g/mol.